The lowest BCUT2D eigenvalue weighted by molar-refractivity contribution is 0.416. The maximum absolute atomic E-state index is 11.9. The first-order chi connectivity index (χ1) is 12.0. The molecule has 0 fully saturated rings. The highest BCUT2D eigenvalue weighted by molar-refractivity contribution is 5.82. The van der Waals surface area contributed by atoms with Crippen LogP contribution in [0.2, 0.25) is 0 Å². The van der Waals surface area contributed by atoms with Gasteiger partial charge >= 0.3 is 5.63 Å². The molecule has 25 heavy (non-hydrogen) atoms. The summed E-state index contributed by atoms with van der Waals surface area (Å²) >= 11 is 0. The van der Waals surface area contributed by atoms with Crippen LogP contribution >= 0.6 is 0 Å². The number of anilines is 1. The average Bonchev–Trinajstić information content (AvgIpc) is 2.58. The third-order valence-corrected chi connectivity index (χ3v) is 4.42. The van der Waals surface area contributed by atoms with Gasteiger partial charge in [0.05, 0.1) is 12.8 Å². The Bertz CT molecular complexity index is 957. The van der Waals surface area contributed by atoms with Gasteiger partial charge in [-0.15, -0.1) is 0 Å². The van der Waals surface area contributed by atoms with Crippen LogP contribution in [0.4, 0.5) is 5.69 Å². The number of nitrogens with one attached hydrogen (secondary N) is 1. The molecule has 1 aromatic heterocycles. The Morgan fingerprint density at radius 1 is 1.16 bits per heavy atom. The van der Waals surface area contributed by atoms with E-state index in [9.17, 15) is 4.79 Å². The summed E-state index contributed by atoms with van der Waals surface area (Å²) in [5.74, 6) is 1.18. The van der Waals surface area contributed by atoms with Gasteiger partial charge in [0, 0.05) is 18.0 Å². The Morgan fingerprint density at radius 2 is 1.92 bits per heavy atom. The molecule has 0 saturated heterocycles. The third-order valence-electron chi connectivity index (χ3n) is 4.42. The van der Waals surface area contributed by atoms with Crippen molar-refractivity contribution in [2.75, 3.05) is 12.4 Å². The van der Waals surface area contributed by atoms with Crippen molar-refractivity contribution >= 4 is 16.7 Å². The number of benzene rings is 2. The predicted molar refractivity (Wildman–Crippen MR) is 102 cm³/mol. The van der Waals surface area contributed by atoms with Crippen molar-refractivity contribution in [1.29, 1.82) is 0 Å². The number of hydrogen-bond acceptors (Lipinski definition) is 4. The van der Waals surface area contributed by atoms with E-state index in [4.69, 9.17) is 9.15 Å². The van der Waals surface area contributed by atoms with Crippen LogP contribution in [0.3, 0.4) is 0 Å². The number of para-hydroxylation sites is 2. The smallest absolute Gasteiger partial charge is 0.336 e. The van der Waals surface area contributed by atoms with Gasteiger partial charge in [0.15, 0.2) is 0 Å². The van der Waals surface area contributed by atoms with E-state index in [1.807, 2.05) is 30.3 Å². The van der Waals surface area contributed by atoms with Gasteiger partial charge in [0.25, 0.3) is 0 Å². The van der Waals surface area contributed by atoms with E-state index in [0.717, 1.165) is 28.0 Å². The highest BCUT2D eigenvalue weighted by Gasteiger charge is 2.12. The van der Waals surface area contributed by atoms with Crippen LogP contribution in [-0.2, 0) is 6.54 Å². The molecule has 0 spiro atoms. The zero-order valence-electron chi connectivity index (χ0n) is 15.1. The normalized spacial score (nSPS) is 11.1. The molecule has 0 aliphatic rings. The average molecular weight is 337 g/mol. The molecule has 0 amide bonds. The molecule has 3 aromatic rings. The summed E-state index contributed by atoms with van der Waals surface area (Å²) in [7, 11) is 1.64. The van der Waals surface area contributed by atoms with Crippen molar-refractivity contribution in [1.82, 2.24) is 0 Å². The van der Waals surface area contributed by atoms with Gasteiger partial charge in [-0.1, -0.05) is 26.0 Å². The third kappa shape index (κ3) is 3.53. The molecule has 1 heterocycles. The molecule has 2 aromatic carbocycles. The molecule has 0 saturated carbocycles. The van der Waals surface area contributed by atoms with Crippen LogP contribution in [0.5, 0.6) is 5.75 Å². The maximum atomic E-state index is 11.9. The van der Waals surface area contributed by atoms with Gasteiger partial charge in [0.1, 0.15) is 11.3 Å². The zero-order chi connectivity index (χ0) is 18.0. The van der Waals surface area contributed by atoms with Gasteiger partial charge < -0.3 is 14.5 Å². The summed E-state index contributed by atoms with van der Waals surface area (Å²) in [6, 6.07) is 13.4. The summed E-state index contributed by atoms with van der Waals surface area (Å²) in [6.07, 6.45) is 0. The fraction of sp³-hybridized carbons (Fsp3) is 0.286. The summed E-state index contributed by atoms with van der Waals surface area (Å²) in [5.41, 5.74) is 4.51. The first-order valence-corrected chi connectivity index (χ1v) is 8.43. The number of ether oxygens (including phenoxy) is 1. The number of fused-ring (bicyclic) bond motifs is 1. The number of methoxy groups -OCH3 is 1. The molecular weight excluding hydrogens is 314 g/mol. The van der Waals surface area contributed by atoms with Gasteiger partial charge in [0.2, 0.25) is 0 Å². The van der Waals surface area contributed by atoms with Crippen LogP contribution in [-0.4, -0.2) is 7.11 Å². The molecule has 0 bridgehead atoms. The second-order valence-electron chi connectivity index (χ2n) is 6.50. The Balaban J connectivity index is 2.03. The second kappa shape index (κ2) is 7.01. The van der Waals surface area contributed by atoms with Crippen molar-refractivity contribution in [3.63, 3.8) is 0 Å². The van der Waals surface area contributed by atoms with E-state index in [2.05, 4.69) is 32.2 Å². The van der Waals surface area contributed by atoms with E-state index in [1.54, 1.807) is 13.2 Å². The molecule has 1 N–H and O–H groups in total. The largest absolute Gasteiger partial charge is 0.495 e. The fourth-order valence-electron chi connectivity index (χ4n) is 3.14. The summed E-state index contributed by atoms with van der Waals surface area (Å²) in [4.78, 5) is 11.9. The molecular formula is C21H23NO3. The molecule has 0 radical (unpaired) electrons. The summed E-state index contributed by atoms with van der Waals surface area (Å²) in [5, 5.41) is 4.33. The monoisotopic (exact) mass is 337 g/mol. The quantitative estimate of drug-likeness (QED) is 0.677. The minimum atomic E-state index is -0.332. The summed E-state index contributed by atoms with van der Waals surface area (Å²) in [6.45, 7) is 6.90. The van der Waals surface area contributed by atoms with Crippen LogP contribution in [0.25, 0.3) is 11.0 Å². The standard InChI is InChI=1S/C21H23NO3/c1-13(2)16-11-17-15(10-21(23)25-20(17)9-14(16)3)12-22-18-7-5-6-8-19(18)24-4/h5-11,13,22H,12H2,1-4H3. The predicted octanol–water partition coefficient (Wildman–Crippen LogP) is 4.85. The molecule has 4 nitrogen and oxygen atoms in total. The first kappa shape index (κ1) is 17.1. The lowest BCUT2D eigenvalue weighted by atomic mass is 9.95. The van der Waals surface area contributed by atoms with Crippen molar-refractivity contribution in [2.24, 2.45) is 0 Å². The van der Waals surface area contributed by atoms with E-state index >= 15 is 0 Å². The van der Waals surface area contributed by atoms with Gasteiger partial charge in [-0.25, -0.2) is 4.79 Å². The number of rotatable bonds is 5. The van der Waals surface area contributed by atoms with E-state index < -0.39 is 0 Å². The zero-order valence-corrected chi connectivity index (χ0v) is 15.1. The highest BCUT2D eigenvalue weighted by atomic mass is 16.5. The van der Waals surface area contributed by atoms with Crippen molar-refractivity contribution in [3.8, 4) is 5.75 Å². The lowest BCUT2D eigenvalue weighted by Gasteiger charge is -2.14. The SMILES string of the molecule is COc1ccccc1NCc1cc(=O)oc2cc(C)c(C(C)C)cc12. The minimum absolute atomic E-state index is 0.332. The van der Waals surface area contributed by atoms with E-state index in [0.29, 0.717) is 18.0 Å². The molecule has 3 rings (SSSR count). The van der Waals surface area contributed by atoms with Gasteiger partial charge in [-0.2, -0.15) is 0 Å². The molecule has 130 valence electrons. The minimum Gasteiger partial charge on any atom is -0.495 e. The van der Waals surface area contributed by atoms with E-state index in [-0.39, 0.29) is 5.63 Å². The van der Waals surface area contributed by atoms with E-state index in [1.165, 1.54) is 5.56 Å². The van der Waals surface area contributed by atoms with Crippen LogP contribution in [0.15, 0.2) is 51.7 Å². The molecule has 4 heteroatoms. The molecule has 0 atom stereocenters. The summed E-state index contributed by atoms with van der Waals surface area (Å²) < 4.78 is 10.8. The maximum Gasteiger partial charge on any atom is 0.336 e. The van der Waals surface area contributed by atoms with Crippen molar-refractivity contribution < 1.29 is 9.15 Å². The Kier molecular flexibility index (Phi) is 4.79. The van der Waals surface area contributed by atoms with Gasteiger partial charge in [-0.05, 0) is 53.8 Å². The Morgan fingerprint density at radius 3 is 2.64 bits per heavy atom. The van der Waals surface area contributed by atoms with Crippen LogP contribution in [0.1, 0.15) is 36.5 Å². The first-order valence-electron chi connectivity index (χ1n) is 8.43. The Hall–Kier alpha value is -2.75. The fourth-order valence-corrected chi connectivity index (χ4v) is 3.14. The molecule has 0 unspecified atom stereocenters. The second-order valence-corrected chi connectivity index (χ2v) is 6.50. The number of aryl methyl sites for hydroxylation is 1. The molecule has 0 aliphatic heterocycles. The topological polar surface area (TPSA) is 51.5 Å². The van der Waals surface area contributed by atoms with Crippen molar-refractivity contribution in [2.45, 2.75) is 33.2 Å². The highest BCUT2D eigenvalue weighted by Crippen LogP contribution is 2.28. The Labute approximate surface area is 147 Å². The van der Waals surface area contributed by atoms with Crippen molar-refractivity contribution in [3.05, 3.63) is 69.6 Å². The number of hydrogen-bond donors (Lipinski definition) is 1. The van der Waals surface area contributed by atoms with Crippen LogP contribution < -0.4 is 15.7 Å². The van der Waals surface area contributed by atoms with Crippen LogP contribution in [0, 0.1) is 6.92 Å². The lowest BCUT2D eigenvalue weighted by Crippen LogP contribution is -2.07. The van der Waals surface area contributed by atoms with Gasteiger partial charge in [-0.3, -0.25) is 0 Å². The molecule has 0 aliphatic carbocycles.